The molecule has 0 radical (unpaired) electrons. The Hall–Kier alpha value is -0.380. The van der Waals surface area contributed by atoms with Crippen LogP contribution in [-0.4, -0.2) is 35.8 Å². The van der Waals surface area contributed by atoms with E-state index in [0.717, 1.165) is 12.8 Å². The van der Waals surface area contributed by atoms with Crippen LogP contribution < -0.4 is 12.4 Å². The van der Waals surface area contributed by atoms with Gasteiger partial charge < -0.3 is 17.5 Å². The van der Waals surface area contributed by atoms with Crippen molar-refractivity contribution in [1.29, 1.82) is 0 Å². The average molecular weight is 390 g/mol. The third kappa shape index (κ3) is 14.8. The topological polar surface area (TPSA) is 37.3 Å². The number of hydrogen-bond acceptors (Lipinski definition) is 2. The van der Waals surface area contributed by atoms with Crippen LogP contribution in [0.25, 0.3) is 0 Å². The maximum atomic E-state index is 12.0. The Morgan fingerprint density at radius 3 is 1.73 bits per heavy atom. The van der Waals surface area contributed by atoms with E-state index in [4.69, 9.17) is 0 Å². The van der Waals surface area contributed by atoms with E-state index in [-0.39, 0.29) is 22.8 Å². The molecule has 0 rings (SSSR count). The van der Waals surface area contributed by atoms with Crippen LogP contribution in [0.1, 0.15) is 104 Å². The molecule has 0 aliphatic heterocycles. The van der Waals surface area contributed by atoms with Crippen LogP contribution >= 0.6 is 0 Å². The fraction of sp³-hybridized carbons (Fsp3) is 0.864. The van der Waals surface area contributed by atoms with Gasteiger partial charge in [-0.2, -0.15) is 0 Å². The maximum absolute atomic E-state index is 12.0. The number of aliphatic hydroxyl groups is 1. The third-order valence-electron chi connectivity index (χ3n) is 5.23. The van der Waals surface area contributed by atoms with Crippen molar-refractivity contribution in [2.24, 2.45) is 0 Å². The van der Waals surface area contributed by atoms with E-state index in [1.165, 1.54) is 70.6 Å². The minimum Gasteiger partial charge on any atom is -1.00 e. The average Bonchev–Trinajstić information content (AvgIpc) is 2.57. The number of unbranched alkanes of at least 4 members (excludes halogenated alkanes) is 11. The Morgan fingerprint density at radius 2 is 1.27 bits per heavy atom. The molecule has 0 bridgehead atoms. The zero-order valence-corrected chi connectivity index (χ0v) is 18.6. The lowest BCUT2D eigenvalue weighted by Gasteiger charge is -2.29. The number of quaternary nitrogens is 1. The van der Waals surface area contributed by atoms with Gasteiger partial charge >= 0.3 is 5.91 Å². The molecule has 0 fully saturated rings. The van der Waals surface area contributed by atoms with E-state index < -0.39 is 6.23 Å². The molecule has 1 amide bonds. The summed E-state index contributed by atoms with van der Waals surface area (Å²) < 4.78 is 0.0728. The van der Waals surface area contributed by atoms with Gasteiger partial charge in [-0.3, -0.25) is 0 Å². The van der Waals surface area contributed by atoms with Crippen molar-refractivity contribution in [3.05, 3.63) is 12.2 Å². The summed E-state index contributed by atoms with van der Waals surface area (Å²) in [6, 6.07) is 0. The zero-order chi connectivity index (χ0) is 19.0. The first-order valence-electron chi connectivity index (χ1n) is 10.6. The molecule has 26 heavy (non-hydrogen) atoms. The second-order valence-corrected chi connectivity index (χ2v) is 7.90. The fourth-order valence-electron chi connectivity index (χ4n) is 2.84. The van der Waals surface area contributed by atoms with Gasteiger partial charge in [0.2, 0.25) is 0 Å². The summed E-state index contributed by atoms with van der Waals surface area (Å²) in [6.45, 7) is 3.94. The monoisotopic (exact) mass is 389 g/mol. The number of carbonyl (C=O) groups is 1. The molecule has 1 atom stereocenters. The first kappa shape index (κ1) is 27.8. The summed E-state index contributed by atoms with van der Waals surface area (Å²) in [7, 11) is 3.56. The zero-order valence-electron chi connectivity index (χ0n) is 17.8. The molecular weight excluding hydrogens is 346 g/mol. The van der Waals surface area contributed by atoms with Gasteiger partial charge in [0.1, 0.15) is 0 Å². The minimum atomic E-state index is -0.629. The van der Waals surface area contributed by atoms with Crippen molar-refractivity contribution >= 4 is 5.91 Å². The highest BCUT2D eigenvalue weighted by Crippen LogP contribution is 2.13. The Kier molecular flexibility index (Phi) is 19.3. The summed E-state index contributed by atoms with van der Waals surface area (Å²) in [4.78, 5) is 12.0. The SMILES string of the molecule is CCCCCCCC/C=C\CCCCCCCC(=O)[N+](C)(C)C(C)O.[Cl-]. The van der Waals surface area contributed by atoms with Gasteiger partial charge in [0.15, 0.2) is 6.23 Å². The van der Waals surface area contributed by atoms with Crippen LogP contribution in [0.4, 0.5) is 0 Å². The highest BCUT2D eigenvalue weighted by atomic mass is 35.5. The van der Waals surface area contributed by atoms with Gasteiger partial charge in [-0.05, 0) is 32.1 Å². The largest absolute Gasteiger partial charge is 1.00 e. The molecule has 0 aromatic carbocycles. The van der Waals surface area contributed by atoms with Gasteiger partial charge in [0.05, 0.1) is 20.5 Å². The first-order chi connectivity index (χ1) is 11.9. The molecule has 0 aliphatic carbocycles. The Morgan fingerprint density at radius 1 is 0.846 bits per heavy atom. The quantitative estimate of drug-likeness (QED) is 0.191. The van der Waals surface area contributed by atoms with Gasteiger partial charge in [0, 0.05) is 6.92 Å². The van der Waals surface area contributed by atoms with Crippen molar-refractivity contribution in [3.63, 3.8) is 0 Å². The number of hydrogen-bond donors (Lipinski definition) is 1. The van der Waals surface area contributed by atoms with Crippen molar-refractivity contribution in [2.75, 3.05) is 14.1 Å². The smallest absolute Gasteiger partial charge is 0.315 e. The number of amides is 1. The second-order valence-electron chi connectivity index (χ2n) is 7.90. The molecule has 3 nitrogen and oxygen atoms in total. The van der Waals surface area contributed by atoms with E-state index >= 15 is 0 Å². The minimum absolute atomic E-state index is 0. The summed E-state index contributed by atoms with van der Waals surface area (Å²) in [5.74, 6) is 0.132. The molecular formula is C22H44ClNO2. The maximum Gasteiger partial charge on any atom is 0.315 e. The summed E-state index contributed by atoms with van der Waals surface area (Å²) in [6.07, 6.45) is 21.1. The van der Waals surface area contributed by atoms with Gasteiger partial charge in [-0.25, -0.2) is 9.28 Å². The lowest BCUT2D eigenvalue weighted by Crippen LogP contribution is -3.00. The van der Waals surface area contributed by atoms with Crippen LogP contribution in [-0.2, 0) is 4.79 Å². The summed E-state index contributed by atoms with van der Waals surface area (Å²) in [5, 5.41) is 9.62. The van der Waals surface area contributed by atoms with Gasteiger partial charge in [-0.15, -0.1) is 0 Å². The molecule has 0 saturated carbocycles. The standard InChI is InChI=1S/C22H44NO2.ClH/c1-5-6-7-8-9-10-11-12-13-14-15-16-17-18-19-20-22(25)23(3,4)21(2)24;/h12-13,21,24H,5-11,14-20H2,1-4H3;1H/q+1;/p-1/b13-12-;. The molecule has 0 saturated heterocycles. The fourth-order valence-corrected chi connectivity index (χ4v) is 2.84. The molecule has 0 aromatic rings. The lowest BCUT2D eigenvalue weighted by molar-refractivity contribution is -0.863. The van der Waals surface area contributed by atoms with Crippen molar-refractivity contribution in [2.45, 2.75) is 110 Å². The number of carbonyl (C=O) groups excluding carboxylic acids is 1. The van der Waals surface area contributed by atoms with Crippen molar-refractivity contribution in [1.82, 2.24) is 0 Å². The summed E-state index contributed by atoms with van der Waals surface area (Å²) in [5.41, 5.74) is 0. The molecule has 4 heteroatoms. The highest BCUT2D eigenvalue weighted by molar-refractivity contribution is 5.68. The number of halogens is 1. The van der Waals surface area contributed by atoms with Crippen LogP contribution in [0.2, 0.25) is 0 Å². The number of rotatable bonds is 16. The third-order valence-corrected chi connectivity index (χ3v) is 5.23. The van der Waals surface area contributed by atoms with E-state index in [2.05, 4.69) is 19.1 Å². The molecule has 156 valence electrons. The predicted octanol–water partition coefficient (Wildman–Crippen LogP) is 2.97. The first-order valence-corrected chi connectivity index (χ1v) is 10.6. The molecule has 0 aromatic heterocycles. The van der Waals surface area contributed by atoms with Crippen LogP contribution in [0, 0.1) is 0 Å². The van der Waals surface area contributed by atoms with Gasteiger partial charge in [0.25, 0.3) is 0 Å². The van der Waals surface area contributed by atoms with E-state index in [1.54, 1.807) is 21.0 Å². The molecule has 0 aliphatic rings. The number of aliphatic hydroxyl groups excluding tert-OH is 1. The Labute approximate surface area is 169 Å². The number of allylic oxidation sites excluding steroid dienone is 2. The van der Waals surface area contributed by atoms with Crippen molar-refractivity contribution in [3.8, 4) is 0 Å². The van der Waals surface area contributed by atoms with E-state index in [9.17, 15) is 9.90 Å². The Balaban J connectivity index is 0. The van der Waals surface area contributed by atoms with E-state index in [1.807, 2.05) is 0 Å². The normalized spacial score (nSPS) is 13.0. The Bertz CT molecular complexity index is 354. The van der Waals surface area contributed by atoms with Crippen LogP contribution in [0.5, 0.6) is 0 Å². The molecule has 1 unspecified atom stereocenters. The lowest BCUT2D eigenvalue weighted by atomic mass is 10.1. The molecule has 1 N–H and O–H groups in total. The predicted molar refractivity (Wildman–Crippen MR) is 108 cm³/mol. The van der Waals surface area contributed by atoms with Crippen molar-refractivity contribution < 1.29 is 26.8 Å². The highest BCUT2D eigenvalue weighted by Gasteiger charge is 2.30. The molecule has 0 heterocycles. The van der Waals surface area contributed by atoms with Crippen LogP contribution in [0.15, 0.2) is 12.2 Å². The second kappa shape index (κ2) is 18.0. The summed E-state index contributed by atoms with van der Waals surface area (Å²) >= 11 is 0. The molecule has 0 spiro atoms. The number of nitrogens with zero attached hydrogens (tertiary/aromatic N) is 1. The van der Waals surface area contributed by atoms with E-state index in [0.29, 0.717) is 6.42 Å². The van der Waals surface area contributed by atoms with Crippen LogP contribution in [0.3, 0.4) is 0 Å². The van der Waals surface area contributed by atoms with Gasteiger partial charge in [-0.1, -0.05) is 70.4 Å².